The Bertz CT molecular complexity index is 330. The van der Waals surface area contributed by atoms with E-state index in [1.807, 2.05) is 14.1 Å². The number of Topliss-reactive ketones (excluding diaryl/α,β-unsaturated/α-hetero) is 1. The van der Waals surface area contributed by atoms with Crippen molar-refractivity contribution in [3.05, 3.63) is 33.8 Å². The predicted octanol–water partition coefficient (Wildman–Crippen LogP) is 2.74. The van der Waals surface area contributed by atoms with Crippen LogP contribution in [0.1, 0.15) is 10.4 Å². The van der Waals surface area contributed by atoms with E-state index in [4.69, 9.17) is 23.2 Å². The second kappa shape index (κ2) is 4.78. The highest BCUT2D eigenvalue weighted by Crippen LogP contribution is 2.24. The molecule has 0 saturated heterocycles. The van der Waals surface area contributed by atoms with E-state index in [0.717, 1.165) is 0 Å². The Kier molecular flexibility index (Phi) is 3.93. The molecule has 0 unspecified atom stereocenters. The van der Waals surface area contributed by atoms with E-state index in [1.54, 1.807) is 23.1 Å². The summed E-state index contributed by atoms with van der Waals surface area (Å²) in [6.45, 7) is 0.309. The van der Waals surface area contributed by atoms with Crippen LogP contribution in [0.25, 0.3) is 0 Å². The van der Waals surface area contributed by atoms with E-state index in [0.29, 0.717) is 22.2 Å². The summed E-state index contributed by atoms with van der Waals surface area (Å²) >= 11 is 11.8. The van der Waals surface area contributed by atoms with Gasteiger partial charge in [-0.1, -0.05) is 29.3 Å². The number of carbonyl (C=O) groups excluding carboxylic acids is 1. The first kappa shape index (κ1) is 11.5. The average molecular weight is 232 g/mol. The lowest BCUT2D eigenvalue weighted by Crippen LogP contribution is -2.22. The van der Waals surface area contributed by atoms with Crippen molar-refractivity contribution in [3.63, 3.8) is 0 Å². The van der Waals surface area contributed by atoms with Gasteiger partial charge in [-0.3, -0.25) is 4.79 Å². The molecule has 14 heavy (non-hydrogen) atoms. The van der Waals surface area contributed by atoms with Gasteiger partial charge in [-0.15, -0.1) is 0 Å². The molecule has 0 spiro atoms. The summed E-state index contributed by atoms with van der Waals surface area (Å²) in [7, 11) is 3.64. The lowest BCUT2D eigenvalue weighted by atomic mass is 10.1. The number of halogens is 2. The predicted molar refractivity (Wildman–Crippen MR) is 59.3 cm³/mol. The topological polar surface area (TPSA) is 20.3 Å². The van der Waals surface area contributed by atoms with Gasteiger partial charge < -0.3 is 4.90 Å². The van der Waals surface area contributed by atoms with Crippen molar-refractivity contribution < 1.29 is 4.79 Å². The Balaban J connectivity index is 3.00. The molecule has 4 heteroatoms. The molecule has 0 aliphatic rings. The fourth-order valence-electron chi connectivity index (χ4n) is 1.13. The summed E-state index contributed by atoms with van der Waals surface area (Å²) in [6.07, 6.45) is 0. The summed E-state index contributed by atoms with van der Waals surface area (Å²) in [5, 5.41) is 0.814. The summed E-state index contributed by atoms with van der Waals surface area (Å²) in [5.41, 5.74) is 0.407. The fraction of sp³-hybridized carbons (Fsp3) is 0.300. The Morgan fingerprint density at radius 3 is 2.21 bits per heavy atom. The Morgan fingerprint density at radius 2 is 1.79 bits per heavy atom. The molecule has 0 radical (unpaired) electrons. The largest absolute Gasteiger partial charge is 0.302 e. The summed E-state index contributed by atoms with van der Waals surface area (Å²) < 4.78 is 0. The maximum Gasteiger partial charge on any atom is 0.179 e. The molecule has 0 N–H and O–H groups in total. The van der Waals surface area contributed by atoms with Crippen LogP contribution in [0.4, 0.5) is 0 Å². The normalized spacial score (nSPS) is 10.6. The maximum atomic E-state index is 11.7. The van der Waals surface area contributed by atoms with Gasteiger partial charge in [0.25, 0.3) is 0 Å². The number of benzene rings is 1. The van der Waals surface area contributed by atoms with Gasteiger partial charge in [0.2, 0.25) is 0 Å². The minimum absolute atomic E-state index is 0.0643. The van der Waals surface area contributed by atoms with Crippen LogP contribution in [-0.4, -0.2) is 31.3 Å². The third kappa shape index (κ3) is 2.71. The SMILES string of the molecule is CN(C)CC(=O)c1c(Cl)cccc1Cl. The van der Waals surface area contributed by atoms with Crippen LogP contribution in [0.3, 0.4) is 0 Å². The van der Waals surface area contributed by atoms with Gasteiger partial charge in [0, 0.05) is 0 Å². The van der Waals surface area contributed by atoms with Crippen molar-refractivity contribution in [1.82, 2.24) is 4.90 Å². The molecule has 0 amide bonds. The number of likely N-dealkylation sites (N-methyl/N-ethyl adjacent to an activating group) is 1. The number of hydrogen-bond acceptors (Lipinski definition) is 2. The molecule has 0 heterocycles. The van der Waals surface area contributed by atoms with Gasteiger partial charge >= 0.3 is 0 Å². The number of nitrogens with zero attached hydrogens (tertiary/aromatic N) is 1. The molecule has 2 nitrogen and oxygen atoms in total. The number of rotatable bonds is 3. The van der Waals surface area contributed by atoms with Gasteiger partial charge in [-0.25, -0.2) is 0 Å². The maximum absolute atomic E-state index is 11.7. The van der Waals surface area contributed by atoms with Crippen molar-refractivity contribution in [2.75, 3.05) is 20.6 Å². The van der Waals surface area contributed by atoms with E-state index in [1.165, 1.54) is 0 Å². The second-order valence-electron chi connectivity index (χ2n) is 3.26. The van der Waals surface area contributed by atoms with Crippen molar-refractivity contribution in [2.45, 2.75) is 0 Å². The molecule has 76 valence electrons. The number of hydrogen-bond donors (Lipinski definition) is 0. The molecule has 0 aliphatic heterocycles. The first-order chi connectivity index (χ1) is 6.52. The molecule has 0 aliphatic carbocycles. The zero-order valence-electron chi connectivity index (χ0n) is 8.05. The molecule has 0 atom stereocenters. The van der Waals surface area contributed by atoms with Crippen LogP contribution in [-0.2, 0) is 0 Å². The van der Waals surface area contributed by atoms with Crippen LogP contribution >= 0.6 is 23.2 Å². The first-order valence-electron chi connectivity index (χ1n) is 4.14. The number of ketones is 1. The van der Waals surface area contributed by atoms with E-state index in [9.17, 15) is 4.79 Å². The molecule has 0 aromatic heterocycles. The molecule has 1 rings (SSSR count). The van der Waals surface area contributed by atoms with Gasteiger partial charge in [0.15, 0.2) is 5.78 Å². The van der Waals surface area contributed by atoms with E-state index in [-0.39, 0.29) is 5.78 Å². The monoisotopic (exact) mass is 231 g/mol. The van der Waals surface area contributed by atoms with Crippen molar-refractivity contribution in [2.24, 2.45) is 0 Å². The minimum Gasteiger partial charge on any atom is -0.302 e. The van der Waals surface area contributed by atoms with Gasteiger partial charge in [0.05, 0.1) is 22.2 Å². The van der Waals surface area contributed by atoms with Crippen molar-refractivity contribution in [1.29, 1.82) is 0 Å². The highest BCUT2D eigenvalue weighted by atomic mass is 35.5. The van der Waals surface area contributed by atoms with Crippen LogP contribution in [0.15, 0.2) is 18.2 Å². The molecule has 1 aromatic carbocycles. The Hall–Kier alpha value is -0.570. The highest BCUT2D eigenvalue weighted by Gasteiger charge is 2.14. The Labute approximate surface area is 93.4 Å². The smallest absolute Gasteiger partial charge is 0.179 e. The molecule has 0 bridgehead atoms. The van der Waals surface area contributed by atoms with E-state index in [2.05, 4.69) is 0 Å². The van der Waals surface area contributed by atoms with Crippen molar-refractivity contribution >= 4 is 29.0 Å². The third-order valence-corrected chi connectivity index (χ3v) is 2.33. The molecule has 1 aromatic rings. The molecule has 0 saturated carbocycles. The zero-order chi connectivity index (χ0) is 10.7. The lowest BCUT2D eigenvalue weighted by Gasteiger charge is -2.10. The molecule has 0 fully saturated rings. The van der Waals surface area contributed by atoms with Crippen LogP contribution in [0, 0.1) is 0 Å². The van der Waals surface area contributed by atoms with Crippen LogP contribution < -0.4 is 0 Å². The van der Waals surface area contributed by atoms with E-state index < -0.39 is 0 Å². The van der Waals surface area contributed by atoms with Crippen LogP contribution in [0.2, 0.25) is 10.0 Å². The Morgan fingerprint density at radius 1 is 1.29 bits per heavy atom. The van der Waals surface area contributed by atoms with Gasteiger partial charge in [-0.2, -0.15) is 0 Å². The van der Waals surface area contributed by atoms with Gasteiger partial charge in [0.1, 0.15) is 0 Å². The number of carbonyl (C=O) groups is 1. The third-order valence-electron chi connectivity index (χ3n) is 1.70. The quantitative estimate of drug-likeness (QED) is 0.747. The lowest BCUT2D eigenvalue weighted by molar-refractivity contribution is 0.0958. The minimum atomic E-state index is -0.0643. The molecular weight excluding hydrogens is 221 g/mol. The second-order valence-corrected chi connectivity index (χ2v) is 4.07. The first-order valence-corrected chi connectivity index (χ1v) is 4.90. The zero-order valence-corrected chi connectivity index (χ0v) is 9.56. The summed E-state index contributed by atoms with van der Waals surface area (Å²) in [6, 6.07) is 5.05. The summed E-state index contributed by atoms with van der Waals surface area (Å²) in [4.78, 5) is 13.5. The average Bonchev–Trinajstić information content (AvgIpc) is 2.01. The van der Waals surface area contributed by atoms with Gasteiger partial charge in [-0.05, 0) is 26.2 Å². The van der Waals surface area contributed by atoms with Crippen LogP contribution in [0.5, 0.6) is 0 Å². The molecular formula is C10H11Cl2NO. The standard InChI is InChI=1S/C10H11Cl2NO/c1-13(2)6-9(14)10-7(11)4-3-5-8(10)12/h3-5H,6H2,1-2H3. The highest BCUT2D eigenvalue weighted by molar-refractivity contribution is 6.39. The van der Waals surface area contributed by atoms with Crippen molar-refractivity contribution in [3.8, 4) is 0 Å². The fourth-order valence-corrected chi connectivity index (χ4v) is 1.74. The summed E-state index contributed by atoms with van der Waals surface area (Å²) in [5.74, 6) is -0.0643. The van der Waals surface area contributed by atoms with E-state index >= 15 is 0 Å².